The predicted octanol–water partition coefficient (Wildman–Crippen LogP) is 4.44. The third-order valence-corrected chi connectivity index (χ3v) is 14.8. The number of ether oxygens (including phenoxy) is 3. The zero-order valence-corrected chi connectivity index (χ0v) is 24.1. The summed E-state index contributed by atoms with van der Waals surface area (Å²) in [6.07, 6.45) is 1.34. The number of ketones is 2. The van der Waals surface area contributed by atoms with Gasteiger partial charge in [-0.1, -0.05) is 91.8 Å². The SMILES string of the molecule is COC(=O)C1(CCC(=O)CC[Si](c2ccccc2)(c2ccccc2)C(C)(C)C)CC2(CCC1=O)OCCO2. The number of benzene rings is 2. The van der Waals surface area contributed by atoms with Gasteiger partial charge in [-0.2, -0.15) is 0 Å². The van der Waals surface area contributed by atoms with Crippen molar-refractivity contribution in [1.29, 1.82) is 0 Å². The fraction of sp³-hybridized carbons (Fsp3) is 0.516. The van der Waals surface area contributed by atoms with E-state index >= 15 is 0 Å². The Morgan fingerprint density at radius 1 is 0.921 bits per heavy atom. The standard InChI is InChI=1S/C31H40O6Si/c1-29(2,3)38(25-11-7-5-8-12-25,26-13-9-6-10-14-26)22-17-24(32)15-18-30(28(34)35-4)23-31(19-16-27(30)33)36-20-21-37-31/h5-14H,15-23H2,1-4H3. The highest BCUT2D eigenvalue weighted by Crippen LogP contribution is 2.47. The van der Waals surface area contributed by atoms with E-state index in [1.54, 1.807) is 0 Å². The van der Waals surface area contributed by atoms with Gasteiger partial charge in [0.15, 0.2) is 11.6 Å². The van der Waals surface area contributed by atoms with E-state index in [1.165, 1.54) is 17.5 Å². The van der Waals surface area contributed by atoms with Gasteiger partial charge in [0.05, 0.1) is 20.3 Å². The third-order valence-electron chi connectivity index (χ3n) is 8.65. The molecule has 38 heavy (non-hydrogen) atoms. The largest absolute Gasteiger partial charge is 0.468 e. The molecule has 1 saturated carbocycles. The average molecular weight is 537 g/mol. The Bertz CT molecular complexity index is 1080. The minimum atomic E-state index is -2.39. The predicted molar refractivity (Wildman–Crippen MR) is 149 cm³/mol. The highest BCUT2D eigenvalue weighted by molar-refractivity contribution is 7.04. The van der Waals surface area contributed by atoms with Crippen LogP contribution >= 0.6 is 0 Å². The lowest BCUT2D eigenvalue weighted by Gasteiger charge is -2.44. The van der Waals surface area contributed by atoms with Gasteiger partial charge in [0.2, 0.25) is 0 Å². The molecule has 1 atom stereocenters. The summed E-state index contributed by atoms with van der Waals surface area (Å²) in [5, 5.41) is 2.56. The van der Waals surface area contributed by atoms with Crippen LogP contribution < -0.4 is 10.4 Å². The molecular formula is C31H40O6Si. The number of Topliss-reactive ketones (excluding diaryl/α,β-unsaturated/α-hetero) is 2. The summed E-state index contributed by atoms with van der Waals surface area (Å²) in [7, 11) is -1.10. The van der Waals surface area contributed by atoms with Crippen LogP contribution in [0.25, 0.3) is 0 Å². The number of carbonyl (C=O) groups excluding carboxylic acids is 3. The van der Waals surface area contributed by atoms with E-state index in [4.69, 9.17) is 14.2 Å². The molecule has 0 amide bonds. The van der Waals surface area contributed by atoms with Gasteiger partial charge >= 0.3 is 5.97 Å². The van der Waals surface area contributed by atoms with Crippen LogP contribution in [0, 0.1) is 5.41 Å². The number of rotatable bonds is 9. The maximum atomic E-state index is 13.5. The van der Waals surface area contributed by atoms with Crippen molar-refractivity contribution in [2.24, 2.45) is 5.41 Å². The van der Waals surface area contributed by atoms with Crippen molar-refractivity contribution in [2.75, 3.05) is 20.3 Å². The number of hydrogen-bond acceptors (Lipinski definition) is 6. The summed E-state index contributed by atoms with van der Waals surface area (Å²) in [4.78, 5) is 39.7. The van der Waals surface area contributed by atoms with Crippen molar-refractivity contribution >= 4 is 36.0 Å². The lowest BCUT2D eigenvalue weighted by Crippen LogP contribution is -2.64. The fourth-order valence-electron chi connectivity index (χ4n) is 6.59. The molecule has 0 radical (unpaired) electrons. The van der Waals surface area contributed by atoms with Gasteiger partial charge in [-0.25, -0.2) is 0 Å². The Kier molecular flexibility index (Phi) is 8.40. The molecule has 1 unspecified atom stereocenters. The molecule has 6 nitrogen and oxygen atoms in total. The summed E-state index contributed by atoms with van der Waals surface area (Å²) in [6.45, 7) is 7.69. The van der Waals surface area contributed by atoms with Gasteiger partial charge in [-0.05, 0) is 17.5 Å². The molecule has 2 aromatic carbocycles. The first-order valence-electron chi connectivity index (χ1n) is 13.6. The van der Waals surface area contributed by atoms with Crippen LogP contribution in [0.1, 0.15) is 59.3 Å². The first-order valence-corrected chi connectivity index (χ1v) is 15.8. The molecule has 0 bridgehead atoms. The van der Waals surface area contributed by atoms with Gasteiger partial charge < -0.3 is 14.2 Å². The van der Waals surface area contributed by atoms with Gasteiger partial charge in [0, 0.05) is 32.1 Å². The summed E-state index contributed by atoms with van der Waals surface area (Å²) >= 11 is 0. The van der Waals surface area contributed by atoms with Crippen molar-refractivity contribution < 1.29 is 28.6 Å². The van der Waals surface area contributed by atoms with E-state index < -0.39 is 25.2 Å². The fourth-order valence-corrected chi connectivity index (χ4v) is 12.2. The smallest absolute Gasteiger partial charge is 0.319 e. The maximum absolute atomic E-state index is 13.5. The van der Waals surface area contributed by atoms with Gasteiger partial charge in [-0.15, -0.1) is 0 Å². The summed E-state index contributed by atoms with van der Waals surface area (Å²) < 4.78 is 16.8. The molecule has 0 N–H and O–H groups in total. The monoisotopic (exact) mass is 536 g/mol. The van der Waals surface area contributed by atoms with Crippen molar-refractivity contribution in [1.82, 2.24) is 0 Å². The number of esters is 1. The van der Waals surface area contributed by atoms with E-state index in [9.17, 15) is 14.4 Å². The second kappa shape index (κ2) is 11.2. The van der Waals surface area contributed by atoms with Crippen LogP contribution in [0.4, 0.5) is 0 Å². The Morgan fingerprint density at radius 2 is 1.47 bits per heavy atom. The molecule has 1 aliphatic carbocycles. The Hall–Kier alpha value is -2.61. The van der Waals surface area contributed by atoms with Gasteiger partial charge in [0.25, 0.3) is 0 Å². The molecule has 2 aliphatic rings. The first-order chi connectivity index (χ1) is 18.1. The topological polar surface area (TPSA) is 78.9 Å². The molecule has 0 aromatic heterocycles. The molecule has 1 aliphatic heterocycles. The molecule has 2 fully saturated rings. The molecule has 4 rings (SSSR count). The summed E-state index contributed by atoms with van der Waals surface area (Å²) in [5.74, 6) is -1.67. The van der Waals surface area contributed by atoms with E-state index in [-0.39, 0.29) is 42.3 Å². The highest BCUT2D eigenvalue weighted by atomic mass is 28.3. The van der Waals surface area contributed by atoms with Gasteiger partial charge in [-0.3, -0.25) is 14.4 Å². The number of methoxy groups -OCH3 is 1. The third kappa shape index (κ3) is 5.29. The number of carbonyl (C=O) groups is 3. The summed E-state index contributed by atoms with van der Waals surface area (Å²) in [5.41, 5.74) is -1.41. The lowest BCUT2D eigenvalue weighted by atomic mass is 9.67. The van der Waals surface area contributed by atoms with Crippen LogP contribution in [0.2, 0.25) is 11.1 Å². The van der Waals surface area contributed by atoms with E-state index in [2.05, 4.69) is 69.3 Å². The van der Waals surface area contributed by atoms with E-state index in [1.807, 2.05) is 12.1 Å². The van der Waals surface area contributed by atoms with Crippen LogP contribution in [0.3, 0.4) is 0 Å². The van der Waals surface area contributed by atoms with E-state index in [0.29, 0.717) is 26.1 Å². The minimum Gasteiger partial charge on any atom is -0.468 e. The Balaban J connectivity index is 1.57. The van der Waals surface area contributed by atoms with E-state index in [0.717, 1.165) is 6.04 Å². The molecule has 204 valence electrons. The highest BCUT2D eigenvalue weighted by Gasteiger charge is 2.57. The average Bonchev–Trinajstić information content (AvgIpc) is 3.37. The van der Waals surface area contributed by atoms with Gasteiger partial charge in [0.1, 0.15) is 19.3 Å². The maximum Gasteiger partial charge on any atom is 0.319 e. The lowest BCUT2D eigenvalue weighted by molar-refractivity contribution is -0.209. The Morgan fingerprint density at radius 3 is 1.97 bits per heavy atom. The molecule has 1 heterocycles. The minimum absolute atomic E-state index is 0.0495. The normalized spacial score (nSPS) is 21.4. The second-order valence-corrected chi connectivity index (χ2v) is 16.7. The molecule has 1 spiro atoms. The quantitative estimate of drug-likeness (QED) is 0.268. The van der Waals surface area contributed by atoms with Crippen molar-refractivity contribution in [2.45, 2.75) is 76.2 Å². The zero-order valence-electron chi connectivity index (χ0n) is 23.1. The molecule has 1 saturated heterocycles. The van der Waals surface area contributed by atoms with Crippen LogP contribution in [-0.2, 0) is 28.6 Å². The molecule has 2 aromatic rings. The van der Waals surface area contributed by atoms with Crippen molar-refractivity contribution in [3.8, 4) is 0 Å². The van der Waals surface area contributed by atoms with Crippen LogP contribution in [0.5, 0.6) is 0 Å². The second-order valence-electron chi connectivity index (χ2n) is 11.7. The molecular weight excluding hydrogens is 496 g/mol. The molecule has 7 heteroatoms. The zero-order chi connectivity index (χ0) is 27.4. The van der Waals surface area contributed by atoms with Crippen LogP contribution in [-0.4, -0.2) is 51.7 Å². The van der Waals surface area contributed by atoms with Crippen LogP contribution in [0.15, 0.2) is 60.7 Å². The van der Waals surface area contributed by atoms with Crippen molar-refractivity contribution in [3.63, 3.8) is 0 Å². The van der Waals surface area contributed by atoms with Crippen molar-refractivity contribution in [3.05, 3.63) is 60.7 Å². The first kappa shape index (κ1) is 28.4. The number of hydrogen-bond donors (Lipinski definition) is 0. The summed E-state index contributed by atoms with van der Waals surface area (Å²) in [6, 6.07) is 21.9. The Labute approximate surface area is 227 Å².